The highest BCUT2D eigenvalue weighted by atomic mass is 19.1. The van der Waals surface area contributed by atoms with Gasteiger partial charge < -0.3 is 10.2 Å². The van der Waals surface area contributed by atoms with Crippen molar-refractivity contribution in [3.63, 3.8) is 0 Å². The quantitative estimate of drug-likeness (QED) is 0.814. The molecule has 1 aromatic rings. The molecule has 1 fully saturated rings. The molecule has 2 heterocycles. The second kappa shape index (κ2) is 4.57. The van der Waals surface area contributed by atoms with Gasteiger partial charge in [0, 0.05) is 30.9 Å². The fourth-order valence-electron chi connectivity index (χ4n) is 1.89. The monoisotopic (exact) mass is 209 g/mol. The third-order valence-corrected chi connectivity index (χ3v) is 2.88. The van der Waals surface area contributed by atoms with E-state index in [2.05, 4.69) is 15.2 Å². The lowest BCUT2D eigenvalue weighted by molar-refractivity contribution is 0.484. The van der Waals surface area contributed by atoms with Crippen molar-refractivity contribution in [3.8, 4) is 0 Å². The van der Waals surface area contributed by atoms with Crippen molar-refractivity contribution in [2.75, 3.05) is 25.0 Å². The molecule has 0 aliphatic carbocycles. The highest BCUT2D eigenvalue weighted by Gasteiger charge is 2.21. The third-order valence-electron chi connectivity index (χ3n) is 2.88. The summed E-state index contributed by atoms with van der Waals surface area (Å²) in [5.74, 6) is 0.949. The molecule has 0 aromatic carbocycles. The normalized spacial score (nSPS) is 20.9. The summed E-state index contributed by atoms with van der Waals surface area (Å²) in [7, 11) is 1.98. The molecule has 82 valence electrons. The van der Waals surface area contributed by atoms with Crippen LogP contribution in [0.5, 0.6) is 0 Å². The van der Waals surface area contributed by atoms with E-state index < -0.39 is 6.67 Å². The maximum Gasteiger partial charge on any atom is 0.128 e. The summed E-state index contributed by atoms with van der Waals surface area (Å²) in [6.45, 7) is 1.57. The highest BCUT2D eigenvalue weighted by Crippen LogP contribution is 2.18. The number of likely N-dealkylation sites (N-methyl/N-ethyl adjacent to an activating group) is 1. The Hall–Kier alpha value is -1.16. The second-order valence-corrected chi connectivity index (χ2v) is 3.88. The molecule has 15 heavy (non-hydrogen) atoms. The standard InChI is InChI=1S/C11H16FN3/c1-13-10-4-5-15(8-10)11-3-2-9(6-12)7-14-11/h2-3,7,10,13H,4-6,8H2,1H3. The van der Waals surface area contributed by atoms with Gasteiger partial charge in [0.2, 0.25) is 0 Å². The van der Waals surface area contributed by atoms with Crippen LogP contribution in [0.25, 0.3) is 0 Å². The average molecular weight is 209 g/mol. The Morgan fingerprint density at radius 3 is 3.00 bits per heavy atom. The Bertz CT molecular complexity index is 312. The van der Waals surface area contributed by atoms with Crippen molar-refractivity contribution < 1.29 is 4.39 Å². The molecule has 0 saturated carbocycles. The van der Waals surface area contributed by atoms with Gasteiger partial charge in [-0.25, -0.2) is 9.37 Å². The second-order valence-electron chi connectivity index (χ2n) is 3.88. The predicted octanol–water partition coefficient (Wildman–Crippen LogP) is 1.35. The summed E-state index contributed by atoms with van der Waals surface area (Å²) in [4.78, 5) is 6.48. The summed E-state index contributed by atoms with van der Waals surface area (Å²) in [6.07, 6.45) is 2.76. The molecule has 0 bridgehead atoms. The Morgan fingerprint density at radius 2 is 2.47 bits per heavy atom. The summed E-state index contributed by atoms with van der Waals surface area (Å²) in [5.41, 5.74) is 0.642. The van der Waals surface area contributed by atoms with E-state index in [1.165, 1.54) is 0 Å². The van der Waals surface area contributed by atoms with Crippen molar-refractivity contribution in [1.82, 2.24) is 10.3 Å². The summed E-state index contributed by atoms with van der Waals surface area (Å²) in [5, 5.41) is 3.26. The van der Waals surface area contributed by atoms with Crippen LogP contribution in [0.4, 0.5) is 10.2 Å². The van der Waals surface area contributed by atoms with Gasteiger partial charge >= 0.3 is 0 Å². The average Bonchev–Trinajstić information content (AvgIpc) is 2.78. The molecule has 1 aromatic heterocycles. The minimum atomic E-state index is -0.438. The maximum atomic E-state index is 12.3. The van der Waals surface area contributed by atoms with Gasteiger partial charge in [-0.1, -0.05) is 6.07 Å². The first-order valence-corrected chi connectivity index (χ1v) is 5.26. The van der Waals surface area contributed by atoms with Crippen LogP contribution in [0.1, 0.15) is 12.0 Å². The number of pyridine rings is 1. The van der Waals surface area contributed by atoms with Gasteiger partial charge in [-0.2, -0.15) is 0 Å². The molecule has 0 amide bonds. The third kappa shape index (κ3) is 2.26. The Kier molecular flexibility index (Phi) is 3.16. The number of halogens is 1. The van der Waals surface area contributed by atoms with Crippen LogP contribution in [0, 0.1) is 0 Å². The molecular weight excluding hydrogens is 193 g/mol. The van der Waals surface area contributed by atoms with E-state index in [4.69, 9.17) is 0 Å². The van der Waals surface area contributed by atoms with E-state index in [-0.39, 0.29) is 0 Å². The smallest absolute Gasteiger partial charge is 0.128 e. The topological polar surface area (TPSA) is 28.2 Å². The number of rotatable bonds is 3. The molecule has 1 aliphatic rings. The molecule has 1 unspecified atom stereocenters. The van der Waals surface area contributed by atoms with Crippen molar-refractivity contribution >= 4 is 5.82 Å². The summed E-state index contributed by atoms with van der Waals surface area (Å²) >= 11 is 0. The molecular formula is C11H16FN3. The maximum absolute atomic E-state index is 12.3. The van der Waals surface area contributed by atoms with Crippen LogP contribution >= 0.6 is 0 Å². The van der Waals surface area contributed by atoms with Gasteiger partial charge in [0.1, 0.15) is 12.5 Å². The number of nitrogens with one attached hydrogen (secondary N) is 1. The van der Waals surface area contributed by atoms with Gasteiger partial charge in [0.25, 0.3) is 0 Å². The van der Waals surface area contributed by atoms with E-state index >= 15 is 0 Å². The molecule has 1 N–H and O–H groups in total. The van der Waals surface area contributed by atoms with E-state index in [1.54, 1.807) is 12.3 Å². The fraction of sp³-hybridized carbons (Fsp3) is 0.545. The van der Waals surface area contributed by atoms with Crippen LogP contribution in [-0.4, -0.2) is 31.2 Å². The summed E-state index contributed by atoms with van der Waals surface area (Å²) < 4.78 is 12.3. The minimum absolute atomic E-state index is 0.438. The van der Waals surface area contributed by atoms with Gasteiger partial charge in [-0.3, -0.25) is 0 Å². The number of aromatic nitrogens is 1. The molecule has 0 spiro atoms. The van der Waals surface area contributed by atoms with Crippen LogP contribution < -0.4 is 10.2 Å². The lowest BCUT2D eigenvalue weighted by Gasteiger charge is -2.17. The lowest BCUT2D eigenvalue weighted by atomic mass is 10.3. The van der Waals surface area contributed by atoms with Crippen LogP contribution in [0.3, 0.4) is 0 Å². The molecule has 3 nitrogen and oxygen atoms in total. The minimum Gasteiger partial charge on any atom is -0.355 e. The molecule has 1 saturated heterocycles. The first kappa shape index (κ1) is 10.4. The largest absolute Gasteiger partial charge is 0.355 e. The Balaban J connectivity index is 2.04. The van der Waals surface area contributed by atoms with Crippen LogP contribution in [0.15, 0.2) is 18.3 Å². The molecule has 2 rings (SSSR count). The van der Waals surface area contributed by atoms with Crippen molar-refractivity contribution in [2.45, 2.75) is 19.1 Å². The van der Waals surface area contributed by atoms with Gasteiger partial charge in [0.05, 0.1) is 0 Å². The summed E-state index contributed by atoms with van der Waals surface area (Å²) in [6, 6.07) is 4.25. The number of hydrogen-bond acceptors (Lipinski definition) is 3. The molecule has 0 radical (unpaired) electrons. The first-order valence-electron chi connectivity index (χ1n) is 5.26. The van der Waals surface area contributed by atoms with Gasteiger partial charge in [-0.05, 0) is 19.5 Å². The number of anilines is 1. The lowest BCUT2D eigenvalue weighted by Crippen LogP contribution is -2.29. The first-order chi connectivity index (χ1) is 7.33. The number of hydrogen-bond donors (Lipinski definition) is 1. The predicted molar refractivity (Wildman–Crippen MR) is 58.7 cm³/mol. The molecule has 4 heteroatoms. The number of alkyl halides is 1. The zero-order valence-corrected chi connectivity index (χ0v) is 8.91. The van der Waals surface area contributed by atoms with Crippen molar-refractivity contribution in [3.05, 3.63) is 23.9 Å². The van der Waals surface area contributed by atoms with Crippen molar-refractivity contribution in [1.29, 1.82) is 0 Å². The van der Waals surface area contributed by atoms with E-state index in [0.29, 0.717) is 11.6 Å². The van der Waals surface area contributed by atoms with E-state index in [9.17, 15) is 4.39 Å². The van der Waals surface area contributed by atoms with E-state index in [1.807, 2.05) is 13.1 Å². The Labute approximate surface area is 89.3 Å². The molecule has 1 aliphatic heterocycles. The fourth-order valence-corrected chi connectivity index (χ4v) is 1.89. The van der Waals surface area contributed by atoms with Crippen molar-refractivity contribution in [2.24, 2.45) is 0 Å². The molecule has 1 atom stereocenters. The highest BCUT2D eigenvalue weighted by molar-refractivity contribution is 5.40. The van der Waals surface area contributed by atoms with Crippen LogP contribution in [0.2, 0.25) is 0 Å². The van der Waals surface area contributed by atoms with E-state index in [0.717, 1.165) is 25.3 Å². The SMILES string of the molecule is CNC1CCN(c2ccc(CF)cn2)C1. The zero-order valence-electron chi connectivity index (χ0n) is 8.91. The van der Waals surface area contributed by atoms with Crippen LogP contribution in [-0.2, 0) is 6.67 Å². The van der Waals surface area contributed by atoms with Gasteiger partial charge in [0.15, 0.2) is 0 Å². The number of nitrogens with zero attached hydrogens (tertiary/aromatic N) is 2. The zero-order chi connectivity index (χ0) is 10.7. The Morgan fingerprint density at radius 1 is 1.60 bits per heavy atom. The van der Waals surface area contributed by atoms with Gasteiger partial charge in [-0.15, -0.1) is 0 Å².